The summed E-state index contributed by atoms with van der Waals surface area (Å²) < 4.78 is 5.28. The molecule has 0 aliphatic carbocycles. The number of carbonyl (C=O) groups excluding carboxylic acids is 2. The molecule has 4 N–H and O–H groups in total. The van der Waals surface area contributed by atoms with Crippen LogP contribution in [0.15, 0.2) is 54.6 Å². The highest BCUT2D eigenvalue weighted by Crippen LogP contribution is 2.07. The number of para-hydroxylation sites is 1. The first kappa shape index (κ1) is 14.4. The van der Waals surface area contributed by atoms with Crippen molar-refractivity contribution in [2.45, 2.75) is 0 Å². The maximum atomic E-state index is 11.7. The van der Waals surface area contributed by atoms with Gasteiger partial charge in [0.05, 0.1) is 0 Å². The average molecular weight is 285 g/mol. The molecule has 6 heteroatoms. The highest BCUT2D eigenvalue weighted by atomic mass is 16.5. The number of nitrogens with two attached hydrogens (primary N) is 1. The van der Waals surface area contributed by atoms with E-state index in [1.54, 1.807) is 36.4 Å². The standard InChI is InChI=1S/C15H15N3O3/c16-12-8-6-11(7-9-12)14(19)18-15(20)17-10-21-13-4-2-1-3-5-13/h1-9H,10,16H2,(H2,17,18,19,20). The Hall–Kier alpha value is -3.02. The number of nitrogen functional groups attached to an aromatic ring is 1. The summed E-state index contributed by atoms with van der Waals surface area (Å²) in [7, 11) is 0. The molecule has 0 fully saturated rings. The maximum Gasteiger partial charge on any atom is 0.324 e. The molecule has 108 valence electrons. The molecule has 0 saturated heterocycles. The third kappa shape index (κ3) is 4.54. The number of urea groups is 1. The number of ether oxygens (including phenoxy) is 1. The van der Waals surface area contributed by atoms with Gasteiger partial charge in [-0.1, -0.05) is 18.2 Å². The van der Waals surface area contributed by atoms with Gasteiger partial charge in [0.15, 0.2) is 6.73 Å². The Bertz CT molecular complexity index is 612. The molecule has 0 atom stereocenters. The minimum atomic E-state index is -0.632. The number of imide groups is 1. The average Bonchev–Trinajstić information content (AvgIpc) is 2.49. The summed E-state index contributed by atoms with van der Waals surface area (Å²) in [6, 6.07) is 14.7. The summed E-state index contributed by atoms with van der Waals surface area (Å²) in [5.41, 5.74) is 6.42. The van der Waals surface area contributed by atoms with Crippen molar-refractivity contribution >= 4 is 17.6 Å². The van der Waals surface area contributed by atoms with Gasteiger partial charge in [-0.25, -0.2) is 4.79 Å². The number of carbonyl (C=O) groups is 2. The molecule has 0 unspecified atom stereocenters. The smallest absolute Gasteiger partial charge is 0.324 e. The quantitative estimate of drug-likeness (QED) is 0.589. The topological polar surface area (TPSA) is 93.5 Å². The van der Waals surface area contributed by atoms with Crippen LogP contribution in [-0.2, 0) is 0 Å². The normalized spacial score (nSPS) is 9.71. The molecule has 0 radical (unpaired) electrons. The molecular weight excluding hydrogens is 270 g/mol. The van der Waals surface area contributed by atoms with Gasteiger partial charge < -0.3 is 15.8 Å². The van der Waals surface area contributed by atoms with E-state index in [2.05, 4.69) is 10.6 Å². The zero-order valence-corrected chi connectivity index (χ0v) is 11.2. The van der Waals surface area contributed by atoms with Gasteiger partial charge >= 0.3 is 6.03 Å². The number of anilines is 1. The Labute approximate surface area is 121 Å². The number of benzene rings is 2. The summed E-state index contributed by atoms with van der Waals surface area (Å²) in [5.74, 6) is 0.120. The number of nitrogens with one attached hydrogen (secondary N) is 2. The maximum absolute atomic E-state index is 11.7. The Morgan fingerprint density at radius 1 is 1.00 bits per heavy atom. The van der Waals surface area contributed by atoms with E-state index >= 15 is 0 Å². The third-order valence-corrected chi connectivity index (χ3v) is 2.61. The van der Waals surface area contributed by atoms with Gasteiger partial charge in [-0.05, 0) is 36.4 Å². The van der Waals surface area contributed by atoms with Gasteiger partial charge in [0.2, 0.25) is 0 Å². The van der Waals surface area contributed by atoms with Crippen molar-refractivity contribution in [3.05, 3.63) is 60.2 Å². The molecule has 3 amide bonds. The third-order valence-electron chi connectivity index (χ3n) is 2.61. The van der Waals surface area contributed by atoms with E-state index in [9.17, 15) is 9.59 Å². The molecule has 0 saturated carbocycles. The lowest BCUT2D eigenvalue weighted by Crippen LogP contribution is -2.41. The first-order valence-corrected chi connectivity index (χ1v) is 6.28. The predicted molar refractivity (Wildman–Crippen MR) is 78.8 cm³/mol. The lowest BCUT2D eigenvalue weighted by atomic mass is 10.2. The van der Waals surface area contributed by atoms with E-state index in [1.807, 2.05) is 18.2 Å². The second-order valence-corrected chi connectivity index (χ2v) is 4.18. The highest BCUT2D eigenvalue weighted by molar-refractivity contribution is 6.04. The van der Waals surface area contributed by atoms with Crippen LogP contribution in [-0.4, -0.2) is 18.7 Å². The summed E-state index contributed by atoms with van der Waals surface area (Å²) in [6.45, 7) is -0.0368. The van der Waals surface area contributed by atoms with E-state index < -0.39 is 11.9 Å². The Morgan fingerprint density at radius 3 is 2.33 bits per heavy atom. The molecule has 0 spiro atoms. The van der Waals surface area contributed by atoms with Crippen LogP contribution >= 0.6 is 0 Å². The summed E-state index contributed by atoms with van der Waals surface area (Å²) in [5, 5.41) is 4.62. The van der Waals surface area contributed by atoms with E-state index in [0.29, 0.717) is 17.0 Å². The summed E-state index contributed by atoms with van der Waals surface area (Å²) in [4.78, 5) is 23.3. The van der Waals surface area contributed by atoms with Crippen molar-refractivity contribution < 1.29 is 14.3 Å². The second kappa shape index (κ2) is 6.95. The zero-order chi connectivity index (χ0) is 15.1. The van der Waals surface area contributed by atoms with Crippen LogP contribution in [0.3, 0.4) is 0 Å². The van der Waals surface area contributed by atoms with Crippen molar-refractivity contribution in [3.63, 3.8) is 0 Å². The molecule has 0 aliphatic heterocycles. The van der Waals surface area contributed by atoms with Gasteiger partial charge in [0.25, 0.3) is 5.91 Å². The van der Waals surface area contributed by atoms with E-state index in [0.717, 1.165) is 0 Å². The fraction of sp³-hybridized carbons (Fsp3) is 0.0667. The van der Waals surface area contributed by atoms with Gasteiger partial charge in [-0.2, -0.15) is 0 Å². The minimum Gasteiger partial charge on any atom is -0.473 e. The molecule has 0 bridgehead atoms. The largest absolute Gasteiger partial charge is 0.473 e. The Kier molecular flexibility index (Phi) is 4.76. The van der Waals surface area contributed by atoms with Gasteiger partial charge in [-0.3, -0.25) is 10.1 Å². The predicted octanol–water partition coefficient (Wildman–Crippen LogP) is 1.74. The van der Waals surface area contributed by atoms with Gasteiger partial charge in [0, 0.05) is 11.3 Å². The van der Waals surface area contributed by atoms with Crippen molar-refractivity contribution in [1.29, 1.82) is 0 Å². The van der Waals surface area contributed by atoms with E-state index in [4.69, 9.17) is 10.5 Å². The lowest BCUT2D eigenvalue weighted by molar-refractivity contribution is 0.0962. The van der Waals surface area contributed by atoms with Crippen LogP contribution < -0.4 is 21.1 Å². The van der Waals surface area contributed by atoms with E-state index in [-0.39, 0.29) is 6.73 Å². The fourth-order valence-corrected chi connectivity index (χ4v) is 1.56. The van der Waals surface area contributed by atoms with Crippen LogP contribution in [0.2, 0.25) is 0 Å². The van der Waals surface area contributed by atoms with E-state index in [1.165, 1.54) is 0 Å². The number of hydrogen-bond acceptors (Lipinski definition) is 4. The lowest BCUT2D eigenvalue weighted by Gasteiger charge is -2.08. The van der Waals surface area contributed by atoms with Crippen molar-refractivity contribution in [3.8, 4) is 5.75 Å². The number of rotatable bonds is 4. The zero-order valence-electron chi connectivity index (χ0n) is 11.2. The minimum absolute atomic E-state index is 0.0368. The molecule has 0 heterocycles. The summed E-state index contributed by atoms with van der Waals surface area (Å²) >= 11 is 0. The van der Waals surface area contributed by atoms with Gasteiger partial charge in [-0.15, -0.1) is 0 Å². The van der Waals surface area contributed by atoms with Crippen molar-refractivity contribution in [1.82, 2.24) is 10.6 Å². The monoisotopic (exact) mass is 285 g/mol. The highest BCUT2D eigenvalue weighted by Gasteiger charge is 2.09. The molecule has 6 nitrogen and oxygen atoms in total. The van der Waals surface area contributed by atoms with Crippen LogP contribution in [0.1, 0.15) is 10.4 Å². The molecule has 2 aromatic carbocycles. The Morgan fingerprint density at radius 2 is 1.67 bits per heavy atom. The fourth-order valence-electron chi connectivity index (χ4n) is 1.56. The van der Waals surface area contributed by atoms with Crippen LogP contribution in [0.4, 0.5) is 10.5 Å². The molecule has 0 aliphatic rings. The van der Waals surface area contributed by atoms with Crippen LogP contribution in [0.5, 0.6) is 5.75 Å². The first-order valence-electron chi connectivity index (χ1n) is 6.28. The molecule has 2 rings (SSSR count). The molecular formula is C15H15N3O3. The van der Waals surface area contributed by atoms with Crippen LogP contribution in [0, 0.1) is 0 Å². The molecule has 21 heavy (non-hydrogen) atoms. The number of amides is 3. The Balaban J connectivity index is 1.76. The molecule has 0 aromatic heterocycles. The second-order valence-electron chi connectivity index (χ2n) is 4.18. The SMILES string of the molecule is Nc1ccc(C(=O)NC(=O)NCOc2ccccc2)cc1. The molecule has 2 aromatic rings. The first-order chi connectivity index (χ1) is 10.1. The summed E-state index contributed by atoms with van der Waals surface area (Å²) in [6.07, 6.45) is 0. The van der Waals surface area contributed by atoms with Gasteiger partial charge in [0.1, 0.15) is 5.75 Å². The van der Waals surface area contributed by atoms with Crippen molar-refractivity contribution in [2.75, 3.05) is 12.5 Å². The number of hydrogen-bond donors (Lipinski definition) is 3. The van der Waals surface area contributed by atoms with Crippen LogP contribution in [0.25, 0.3) is 0 Å². The van der Waals surface area contributed by atoms with Crippen molar-refractivity contribution in [2.24, 2.45) is 0 Å².